The minimum Gasteiger partial charge on any atom is -0.494 e. The number of non-ortho nitro benzene ring substituents is 1. The Labute approximate surface area is 195 Å². The Bertz CT molecular complexity index is 1210. The van der Waals surface area contributed by atoms with Gasteiger partial charge in [-0.1, -0.05) is 50.1 Å². The number of benzene rings is 2. The van der Waals surface area contributed by atoms with Crippen molar-refractivity contribution >= 4 is 39.9 Å². The van der Waals surface area contributed by atoms with Crippen LogP contribution in [-0.2, 0) is 11.3 Å². The number of rotatable bonds is 11. The summed E-state index contributed by atoms with van der Waals surface area (Å²) in [5.74, 6) is -0.133. The third-order valence-corrected chi connectivity index (χ3v) is 6.04. The topological polar surface area (TPSA) is 116 Å². The number of unbranched alkanes of at least 4 members (excludes halogenated alkanes) is 3. The van der Waals surface area contributed by atoms with Crippen LogP contribution in [0.1, 0.15) is 32.6 Å². The fourth-order valence-electron chi connectivity index (χ4n) is 3.36. The molecule has 0 fully saturated rings. The van der Waals surface area contributed by atoms with Crippen LogP contribution in [0.5, 0.6) is 5.75 Å². The Balaban J connectivity index is 1.77. The lowest BCUT2D eigenvalue weighted by molar-refractivity contribution is -0.384. The third-order valence-electron chi connectivity index (χ3n) is 5.06. The Hall–Kier alpha value is -3.40. The molecule has 3 aromatic rings. The van der Waals surface area contributed by atoms with E-state index in [1.807, 2.05) is 12.1 Å². The smallest absolute Gasteiger partial charge is 0.273 e. The average molecular weight is 471 g/mol. The van der Waals surface area contributed by atoms with Crippen LogP contribution in [-0.4, -0.2) is 33.2 Å². The van der Waals surface area contributed by atoms with Crippen LogP contribution in [0.25, 0.3) is 10.9 Å². The zero-order chi connectivity index (χ0) is 23.8. The molecule has 0 bridgehead atoms. The fraction of sp³-hybridized carbons (Fsp3) is 0.348. The number of para-hydroxylation sites is 1. The second-order valence-corrected chi connectivity index (χ2v) is 8.35. The minimum absolute atomic E-state index is 0.0138. The molecule has 9 nitrogen and oxygen atoms in total. The van der Waals surface area contributed by atoms with E-state index in [0.717, 1.165) is 25.7 Å². The number of fused-ring (bicyclic) bond motifs is 1. The first kappa shape index (κ1) is 24.2. The van der Waals surface area contributed by atoms with E-state index in [0.29, 0.717) is 28.3 Å². The van der Waals surface area contributed by atoms with Crippen molar-refractivity contribution < 1.29 is 14.5 Å². The van der Waals surface area contributed by atoms with Gasteiger partial charge in [-0.2, -0.15) is 0 Å². The van der Waals surface area contributed by atoms with Crippen LogP contribution >= 0.6 is 11.8 Å². The second-order valence-electron chi connectivity index (χ2n) is 7.41. The molecular formula is C23H26N4O5S. The summed E-state index contributed by atoms with van der Waals surface area (Å²) in [6.45, 7) is 2.67. The van der Waals surface area contributed by atoms with Crippen molar-refractivity contribution in [2.24, 2.45) is 0 Å². The molecule has 0 aliphatic rings. The second kappa shape index (κ2) is 11.5. The lowest BCUT2D eigenvalue weighted by atomic mass is 10.2. The summed E-state index contributed by atoms with van der Waals surface area (Å²) in [7, 11) is 1.37. The van der Waals surface area contributed by atoms with Gasteiger partial charge in [0.1, 0.15) is 5.75 Å². The maximum absolute atomic E-state index is 13.1. The molecule has 1 heterocycles. The number of methoxy groups -OCH3 is 1. The first-order chi connectivity index (χ1) is 15.9. The van der Waals surface area contributed by atoms with Gasteiger partial charge >= 0.3 is 0 Å². The van der Waals surface area contributed by atoms with Crippen molar-refractivity contribution in [1.29, 1.82) is 0 Å². The third kappa shape index (κ3) is 6.10. The number of carbonyl (C=O) groups excluding carboxylic acids is 1. The first-order valence-corrected chi connectivity index (χ1v) is 11.7. The number of hydrogen-bond donors (Lipinski definition) is 1. The van der Waals surface area contributed by atoms with E-state index in [4.69, 9.17) is 4.74 Å². The van der Waals surface area contributed by atoms with Crippen LogP contribution in [0.15, 0.2) is 52.4 Å². The molecule has 0 spiro atoms. The first-order valence-electron chi connectivity index (χ1n) is 10.7. The molecule has 2 aromatic carbocycles. The van der Waals surface area contributed by atoms with Gasteiger partial charge in [0.15, 0.2) is 5.16 Å². The van der Waals surface area contributed by atoms with Crippen LogP contribution in [0.2, 0.25) is 0 Å². The number of ether oxygens (including phenoxy) is 1. The van der Waals surface area contributed by atoms with Gasteiger partial charge in [-0.25, -0.2) is 4.98 Å². The largest absolute Gasteiger partial charge is 0.494 e. The monoisotopic (exact) mass is 470 g/mol. The molecule has 0 atom stereocenters. The summed E-state index contributed by atoms with van der Waals surface area (Å²) in [4.78, 5) is 40.7. The van der Waals surface area contributed by atoms with Gasteiger partial charge < -0.3 is 10.1 Å². The summed E-state index contributed by atoms with van der Waals surface area (Å²) < 4.78 is 6.80. The molecule has 0 saturated heterocycles. The van der Waals surface area contributed by atoms with Gasteiger partial charge in [0.2, 0.25) is 5.91 Å². The summed E-state index contributed by atoms with van der Waals surface area (Å²) in [5, 5.41) is 14.7. The van der Waals surface area contributed by atoms with Crippen molar-refractivity contribution in [3.05, 3.63) is 62.9 Å². The van der Waals surface area contributed by atoms with Gasteiger partial charge in [0.25, 0.3) is 11.2 Å². The van der Waals surface area contributed by atoms with E-state index in [-0.39, 0.29) is 28.7 Å². The summed E-state index contributed by atoms with van der Waals surface area (Å²) >= 11 is 1.18. The molecule has 10 heteroatoms. The molecule has 1 N–H and O–H groups in total. The van der Waals surface area contributed by atoms with E-state index < -0.39 is 4.92 Å². The highest BCUT2D eigenvalue weighted by atomic mass is 32.2. The quantitative estimate of drug-likeness (QED) is 0.143. The molecular weight excluding hydrogens is 444 g/mol. The Morgan fingerprint density at radius 2 is 2.00 bits per heavy atom. The maximum Gasteiger partial charge on any atom is 0.273 e. The Kier molecular flexibility index (Phi) is 8.42. The number of nitrogens with one attached hydrogen (secondary N) is 1. The van der Waals surface area contributed by atoms with Gasteiger partial charge in [0.05, 0.1) is 40.4 Å². The molecule has 0 aliphatic heterocycles. The lowest BCUT2D eigenvalue weighted by Crippen LogP contribution is -2.24. The Morgan fingerprint density at radius 3 is 2.73 bits per heavy atom. The van der Waals surface area contributed by atoms with Crippen LogP contribution in [0.3, 0.4) is 0 Å². The molecule has 174 valence electrons. The highest BCUT2D eigenvalue weighted by Crippen LogP contribution is 2.29. The molecule has 0 aliphatic carbocycles. The molecule has 33 heavy (non-hydrogen) atoms. The van der Waals surface area contributed by atoms with Crippen LogP contribution < -0.4 is 15.6 Å². The standard InChI is InChI=1S/C23H26N4O5S/c1-3-4-5-8-13-26-22(29)17-9-6-7-10-18(17)25-23(26)33-15-21(28)24-19-12-11-16(27(30)31)14-20(19)32-2/h6-7,9-12,14H,3-5,8,13,15H2,1-2H3,(H,24,28). The molecule has 0 saturated carbocycles. The van der Waals surface area contributed by atoms with Gasteiger partial charge in [0, 0.05) is 12.6 Å². The number of thioether (sulfide) groups is 1. The van der Waals surface area contributed by atoms with Crippen molar-refractivity contribution in [3.63, 3.8) is 0 Å². The van der Waals surface area contributed by atoms with E-state index in [2.05, 4.69) is 17.2 Å². The van der Waals surface area contributed by atoms with Gasteiger partial charge in [-0.15, -0.1) is 0 Å². The van der Waals surface area contributed by atoms with E-state index >= 15 is 0 Å². The van der Waals surface area contributed by atoms with Crippen molar-refractivity contribution in [2.75, 3.05) is 18.2 Å². The predicted octanol–water partition coefficient (Wildman–Crippen LogP) is 4.62. The number of amides is 1. The molecule has 3 rings (SSSR count). The number of carbonyl (C=O) groups is 1. The predicted molar refractivity (Wildman–Crippen MR) is 129 cm³/mol. The summed E-state index contributed by atoms with van der Waals surface area (Å²) in [5.41, 5.74) is 0.674. The zero-order valence-corrected chi connectivity index (χ0v) is 19.4. The van der Waals surface area contributed by atoms with Crippen molar-refractivity contribution in [2.45, 2.75) is 44.3 Å². The minimum atomic E-state index is -0.533. The Morgan fingerprint density at radius 1 is 1.21 bits per heavy atom. The van der Waals surface area contributed by atoms with Gasteiger partial charge in [-0.05, 0) is 24.6 Å². The number of nitro benzene ring substituents is 1. The highest BCUT2D eigenvalue weighted by Gasteiger charge is 2.16. The fourth-order valence-corrected chi connectivity index (χ4v) is 4.19. The van der Waals surface area contributed by atoms with Crippen molar-refractivity contribution in [3.8, 4) is 5.75 Å². The van der Waals surface area contributed by atoms with Crippen LogP contribution in [0.4, 0.5) is 11.4 Å². The van der Waals surface area contributed by atoms with Gasteiger partial charge in [-0.3, -0.25) is 24.3 Å². The number of nitrogens with zero attached hydrogens (tertiary/aromatic N) is 3. The maximum atomic E-state index is 13.1. The number of aromatic nitrogens is 2. The SMILES string of the molecule is CCCCCCn1c(SCC(=O)Nc2ccc([N+](=O)[O-])cc2OC)nc2ccccc2c1=O. The number of hydrogen-bond acceptors (Lipinski definition) is 7. The zero-order valence-electron chi connectivity index (χ0n) is 18.6. The summed E-state index contributed by atoms with van der Waals surface area (Å²) in [6.07, 6.45) is 4.06. The average Bonchev–Trinajstić information content (AvgIpc) is 2.82. The molecule has 0 unspecified atom stereocenters. The summed E-state index contributed by atoms with van der Waals surface area (Å²) in [6, 6.07) is 11.1. The molecule has 1 aromatic heterocycles. The van der Waals surface area contributed by atoms with E-state index in [9.17, 15) is 19.7 Å². The molecule has 1 amide bonds. The molecule has 0 radical (unpaired) electrons. The van der Waals surface area contributed by atoms with E-state index in [1.165, 1.54) is 37.1 Å². The highest BCUT2D eigenvalue weighted by molar-refractivity contribution is 7.99. The van der Waals surface area contributed by atoms with Crippen LogP contribution in [0, 0.1) is 10.1 Å². The van der Waals surface area contributed by atoms with E-state index in [1.54, 1.807) is 16.7 Å². The number of anilines is 1. The lowest BCUT2D eigenvalue weighted by Gasteiger charge is -2.13. The normalized spacial score (nSPS) is 10.8. The number of nitro groups is 1. The van der Waals surface area contributed by atoms with Crippen molar-refractivity contribution in [1.82, 2.24) is 9.55 Å².